The third-order valence-corrected chi connectivity index (χ3v) is 10.5. The highest BCUT2D eigenvalue weighted by molar-refractivity contribution is 5.99. The van der Waals surface area contributed by atoms with Crippen molar-refractivity contribution >= 4 is 5.78 Å². The number of nitrogens with zero attached hydrogens (tertiary/aromatic N) is 1. The molecule has 0 unspecified atom stereocenters. The fraction of sp³-hybridized carbons (Fsp3) is 0.727. The number of carbonyl (C=O) groups is 1. The van der Waals surface area contributed by atoms with Gasteiger partial charge in [0.05, 0.1) is 24.9 Å². The second-order valence-electron chi connectivity index (χ2n) is 13.0. The van der Waals surface area contributed by atoms with Crippen LogP contribution in [0.25, 0.3) is 0 Å². The Morgan fingerprint density at radius 1 is 1.08 bits per heavy atom. The summed E-state index contributed by atoms with van der Waals surface area (Å²) in [7, 11) is 0. The van der Waals surface area contributed by atoms with Crippen molar-refractivity contribution in [3.63, 3.8) is 0 Å². The number of Topliss-reactive ketones (excluding diaryl/α,β-unsaturated/α-hetero) is 1. The normalized spacial score (nSPS) is 33.9. The molecule has 1 heterocycles. The maximum atomic E-state index is 14.1. The zero-order chi connectivity index (χ0) is 26.8. The van der Waals surface area contributed by atoms with Gasteiger partial charge in [0.25, 0.3) is 0 Å². The molecule has 0 spiro atoms. The third kappa shape index (κ3) is 5.82. The van der Waals surface area contributed by atoms with E-state index in [2.05, 4.69) is 43.0 Å². The van der Waals surface area contributed by atoms with Crippen molar-refractivity contribution in [1.29, 1.82) is 0 Å². The smallest absolute Gasteiger partial charge is 0.166 e. The maximum Gasteiger partial charge on any atom is 0.166 e. The lowest BCUT2D eigenvalue weighted by Gasteiger charge is -2.46. The Morgan fingerprint density at radius 3 is 2.61 bits per heavy atom. The number of ether oxygens (including phenoxy) is 1. The highest BCUT2D eigenvalue weighted by Crippen LogP contribution is 2.59. The highest BCUT2D eigenvalue weighted by atomic mass is 16.5. The van der Waals surface area contributed by atoms with Crippen LogP contribution in [0.5, 0.6) is 0 Å². The Hall–Kier alpha value is -1.53. The van der Waals surface area contributed by atoms with Crippen LogP contribution in [-0.4, -0.2) is 65.4 Å². The van der Waals surface area contributed by atoms with Crippen molar-refractivity contribution in [2.75, 3.05) is 32.8 Å². The zero-order valence-corrected chi connectivity index (χ0v) is 23.7. The van der Waals surface area contributed by atoms with E-state index >= 15 is 0 Å². The standard InChI is InChI=1S/C33H49NO4/c1-24-7-6-15-32(2)30(14-16-33(32,37)23-34-17-19-38-20-18-34)28-13-11-25(21-27(35)12-10-24)22-29(28)31(36)26-8-4-3-5-9-26/h7,11,13,22,26-27,30,35,37H,3-6,8-10,12,14-21,23H2,1-2H3/t27-,30-,32-,33+/m0/s1. The summed E-state index contributed by atoms with van der Waals surface area (Å²) in [5.74, 6) is 0.531. The summed E-state index contributed by atoms with van der Waals surface area (Å²) in [6.07, 6.45) is 13.0. The Bertz CT molecular complexity index is 1010. The van der Waals surface area contributed by atoms with Crippen LogP contribution < -0.4 is 0 Å². The number of β-amino-alcohol motifs (C(OH)–C–C–N with tert-alkyl or cyclic N) is 1. The molecule has 2 saturated carbocycles. The number of aliphatic hydroxyl groups is 2. The number of benzene rings is 1. The summed E-state index contributed by atoms with van der Waals surface area (Å²) >= 11 is 0. The number of fused-ring (bicyclic) bond motifs is 8. The van der Waals surface area contributed by atoms with Gasteiger partial charge in [0.15, 0.2) is 5.78 Å². The van der Waals surface area contributed by atoms with Crippen LogP contribution in [0, 0.1) is 11.3 Å². The van der Waals surface area contributed by atoms with Gasteiger partial charge in [-0.05, 0) is 87.8 Å². The number of morpholine rings is 1. The lowest BCUT2D eigenvalue weighted by molar-refractivity contribution is -0.0959. The van der Waals surface area contributed by atoms with Crippen LogP contribution in [0.3, 0.4) is 0 Å². The van der Waals surface area contributed by atoms with Crippen molar-refractivity contribution < 1.29 is 19.7 Å². The van der Waals surface area contributed by atoms with Gasteiger partial charge in [0.1, 0.15) is 0 Å². The van der Waals surface area contributed by atoms with Gasteiger partial charge < -0.3 is 14.9 Å². The van der Waals surface area contributed by atoms with E-state index in [1.54, 1.807) is 0 Å². The minimum absolute atomic E-state index is 0.104. The van der Waals surface area contributed by atoms with Crippen molar-refractivity contribution in [2.24, 2.45) is 11.3 Å². The summed E-state index contributed by atoms with van der Waals surface area (Å²) < 4.78 is 5.59. The Morgan fingerprint density at radius 2 is 1.84 bits per heavy atom. The molecule has 1 aliphatic heterocycles. The summed E-state index contributed by atoms with van der Waals surface area (Å²) in [5, 5.41) is 23.2. The van der Waals surface area contributed by atoms with Gasteiger partial charge in [-0.3, -0.25) is 9.69 Å². The molecule has 5 heteroatoms. The SMILES string of the molecule is CC1=CCC[C@@]2(C)[C@@H](CC[C@@]2(O)CN2CCOCC2)c2ccc(cc2C(=O)C2CCCCC2)C[C@@H](O)CC1. The maximum absolute atomic E-state index is 14.1. The molecule has 4 aliphatic carbocycles. The molecule has 4 atom stereocenters. The highest BCUT2D eigenvalue weighted by Gasteiger charge is 2.57. The average molecular weight is 524 g/mol. The van der Waals surface area contributed by atoms with Gasteiger partial charge in [-0.1, -0.05) is 50.0 Å². The van der Waals surface area contributed by atoms with E-state index in [-0.39, 0.29) is 17.3 Å². The molecule has 1 aromatic rings. The van der Waals surface area contributed by atoms with Gasteiger partial charge in [-0.2, -0.15) is 0 Å². The van der Waals surface area contributed by atoms with Crippen molar-refractivity contribution in [1.82, 2.24) is 4.90 Å². The fourth-order valence-electron chi connectivity index (χ4n) is 7.93. The van der Waals surface area contributed by atoms with Crippen molar-refractivity contribution in [2.45, 2.75) is 109 Å². The van der Waals surface area contributed by atoms with Crippen LogP contribution in [0.15, 0.2) is 29.8 Å². The summed E-state index contributed by atoms with van der Waals surface area (Å²) in [6, 6.07) is 6.45. The van der Waals surface area contributed by atoms with Crippen LogP contribution in [0.1, 0.15) is 112 Å². The molecule has 5 aliphatic rings. The van der Waals surface area contributed by atoms with Crippen LogP contribution in [0.4, 0.5) is 0 Å². The molecule has 1 saturated heterocycles. The summed E-state index contributed by atoms with van der Waals surface area (Å²) in [6.45, 7) is 8.32. The summed E-state index contributed by atoms with van der Waals surface area (Å²) in [4.78, 5) is 16.5. The number of ketones is 1. The van der Waals surface area contributed by atoms with E-state index in [1.807, 2.05) is 0 Å². The molecule has 0 aromatic heterocycles. The first-order valence-corrected chi connectivity index (χ1v) is 15.3. The van der Waals surface area contributed by atoms with Gasteiger partial charge in [0, 0.05) is 36.5 Å². The van der Waals surface area contributed by atoms with E-state index in [0.717, 1.165) is 107 Å². The molecule has 1 aromatic carbocycles. The molecule has 210 valence electrons. The summed E-state index contributed by atoms with van der Waals surface area (Å²) in [5.41, 5.74) is 3.23. The zero-order valence-electron chi connectivity index (χ0n) is 23.7. The largest absolute Gasteiger partial charge is 0.393 e. The fourth-order valence-corrected chi connectivity index (χ4v) is 7.93. The molecule has 2 bridgehead atoms. The van der Waals surface area contributed by atoms with Crippen LogP contribution in [0.2, 0.25) is 0 Å². The molecule has 6 rings (SSSR count). The Kier molecular flexibility index (Phi) is 8.79. The second-order valence-corrected chi connectivity index (χ2v) is 13.0. The number of allylic oxidation sites excluding steroid dienone is 2. The molecular formula is C33H49NO4. The minimum Gasteiger partial charge on any atom is -0.393 e. The molecule has 5 nitrogen and oxygen atoms in total. The lowest BCUT2D eigenvalue weighted by atomic mass is 9.64. The van der Waals surface area contributed by atoms with Gasteiger partial charge in [-0.25, -0.2) is 0 Å². The Labute approximate surface area is 229 Å². The Balaban J connectivity index is 1.55. The monoisotopic (exact) mass is 523 g/mol. The molecule has 0 radical (unpaired) electrons. The number of hydrogen-bond donors (Lipinski definition) is 2. The van der Waals surface area contributed by atoms with E-state index in [0.29, 0.717) is 18.7 Å². The van der Waals surface area contributed by atoms with Crippen molar-refractivity contribution in [3.8, 4) is 0 Å². The van der Waals surface area contributed by atoms with Crippen LogP contribution >= 0.6 is 0 Å². The van der Waals surface area contributed by atoms with E-state index < -0.39 is 11.7 Å². The number of carbonyl (C=O) groups excluding carboxylic acids is 1. The van der Waals surface area contributed by atoms with E-state index in [1.165, 1.54) is 12.0 Å². The van der Waals surface area contributed by atoms with E-state index in [4.69, 9.17) is 4.74 Å². The lowest BCUT2D eigenvalue weighted by Crippen LogP contribution is -2.54. The predicted octanol–water partition coefficient (Wildman–Crippen LogP) is 5.82. The number of hydrogen-bond acceptors (Lipinski definition) is 5. The number of rotatable bonds is 4. The molecule has 38 heavy (non-hydrogen) atoms. The topological polar surface area (TPSA) is 70.0 Å². The number of aliphatic hydroxyl groups excluding tert-OH is 1. The molecule has 0 amide bonds. The molecule has 3 fully saturated rings. The van der Waals surface area contributed by atoms with Crippen molar-refractivity contribution in [3.05, 3.63) is 46.5 Å². The molecule has 2 N–H and O–H groups in total. The quantitative estimate of drug-likeness (QED) is 0.384. The second kappa shape index (κ2) is 11.9. The van der Waals surface area contributed by atoms with Gasteiger partial charge in [-0.15, -0.1) is 0 Å². The van der Waals surface area contributed by atoms with Gasteiger partial charge in [0.2, 0.25) is 0 Å². The van der Waals surface area contributed by atoms with Gasteiger partial charge >= 0.3 is 0 Å². The first-order valence-electron chi connectivity index (χ1n) is 15.3. The predicted molar refractivity (Wildman–Crippen MR) is 152 cm³/mol. The van der Waals surface area contributed by atoms with E-state index in [9.17, 15) is 15.0 Å². The minimum atomic E-state index is -0.812. The molecular weight excluding hydrogens is 474 g/mol. The third-order valence-electron chi connectivity index (χ3n) is 10.5. The average Bonchev–Trinajstić information content (AvgIpc) is 3.17. The first-order chi connectivity index (χ1) is 18.3. The van der Waals surface area contributed by atoms with Crippen LogP contribution in [-0.2, 0) is 11.2 Å². The first kappa shape index (κ1) is 28.0.